The summed E-state index contributed by atoms with van der Waals surface area (Å²) >= 11 is 0. The number of benzene rings is 1. The molecule has 1 unspecified atom stereocenters. The summed E-state index contributed by atoms with van der Waals surface area (Å²) in [6.45, 7) is 3.61. The van der Waals surface area contributed by atoms with E-state index in [2.05, 4.69) is 5.32 Å². The third kappa shape index (κ3) is 3.77. The van der Waals surface area contributed by atoms with E-state index in [-0.39, 0.29) is 6.04 Å². The SMILES string of the molecule is CCNC(Cc1ccc(F)c(F)c1)C1=COCCC1. The van der Waals surface area contributed by atoms with Gasteiger partial charge in [-0.05, 0) is 49.1 Å². The van der Waals surface area contributed by atoms with Crippen molar-refractivity contribution in [2.24, 2.45) is 0 Å². The minimum Gasteiger partial charge on any atom is -0.501 e. The zero-order valence-electron chi connectivity index (χ0n) is 11.1. The fraction of sp³-hybridized carbons (Fsp3) is 0.467. The summed E-state index contributed by atoms with van der Waals surface area (Å²) in [6.07, 6.45) is 4.43. The van der Waals surface area contributed by atoms with Gasteiger partial charge in [-0.2, -0.15) is 0 Å². The third-order valence-electron chi connectivity index (χ3n) is 3.28. The van der Waals surface area contributed by atoms with E-state index >= 15 is 0 Å². The lowest BCUT2D eigenvalue weighted by Gasteiger charge is -2.24. The fourth-order valence-corrected chi connectivity index (χ4v) is 2.32. The van der Waals surface area contributed by atoms with Gasteiger partial charge in [-0.3, -0.25) is 0 Å². The van der Waals surface area contributed by atoms with Gasteiger partial charge in [-0.25, -0.2) is 8.78 Å². The van der Waals surface area contributed by atoms with E-state index in [4.69, 9.17) is 4.74 Å². The molecule has 0 aliphatic carbocycles. The van der Waals surface area contributed by atoms with Crippen LogP contribution < -0.4 is 5.32 Å². The lowest BCUT2D eigenvalue weighted by molar-refractivity contribution is 0.219. The lowest BCUT2D eigenvalue weighted by atomic mass is 9.95. The molecule has 2 nitrogen and oxygen atoms in total. The highest BCUT2D eigenvalue weighted by Crippen LogP contribution is 2.20. The van der Waals surface area contributed by atoms with Gasteiger partial charge in [0.05, 0.1) is 12.9 Å². The molecule has 1 aromatic rings. The number of hydrogen-bond donors (Lipinski definition) is 1. The lowest BCUT2D eigenvalue weighted by Crippen LogP contribution is -2.34. The summed E-state index contributed by atoms with van der Waals surface area (Å²) in [4.78, 5) is 0. The molecule has 0 fully saturated rings. The minimum absolute atomic E-state index is 0.121. The van der Waals surface area contributed by atoms with Crippen LogP contribution in [0, 0.1) is 11.6 Å². The van der Waals surface area contributed by atoms with Crippen LogP contribution in [0.1, 0.15) is 25.3 Å². The van der Waals surface area contributed by atoms with Gasteiger partial charge in [-0.15, -0.1) is 0 Å². The molecule has 104 valence electrons. The predicted molar refractivity (Wildman–Crippen MR) is 70.8 cm³/mol. The average Bonchev–Trinajstić information content (AvgIpc) is 2.43. The van der Waals surface area contributed by atoms with Gasteiger partial charge in [0.25, 0.3) is 0 Å². The van der Waals surface area contributed by atoms with E-state index in [9.17, 15) is 8.78 Å². The summed E-state index contributed by atoms with van der Waals surface area (Å²) in [6, 6.07) is 4.20. The van der Waals surface area contributed by atoms with Crippen LogP contribution in [0.2, 0.25) is 0 Å². The Morgan fingerprint density at radius 1 is 1.32 bits per heavy atom. The van der Waals surface area contributed by atoms with Crippen LogP contribution in [0.15, 0.2) is 30.0 Å². The monoisotopic (exact) mass is 267 g/mol. The van der Waals surface area contributed by atoms with E-state index in [0.29, 0.717) is 6.42 Å². The predicted octanol–water partition coefficient (Wildman–Crippen LogP) is 3.18. The van der Waals surface area contributed by atoms with Gasteiger partial charge in [0.2, 0.25) is 0 Å². The number of rotatable bonds is 5. The molecular formula is C15H19F2NO. The number of halogens is 2. The van der Waals surface area contributed by atoms with Crippen LogP contribution in [0.25, 0.3) is 0 Å². The molecule has 0 radical (unpaired) electrons. The highest BCUT2D eigenvalue weighted by atomic mass is 19.2. The maximum absolute atomic E-state index is 13.2. The topological polar surface area (TPSA) is 21.3 Å². The maximum Gasteiger partial charge on any atom is 0.159 e. The van der Waals surface area contributed by atoms with Crippen molar-refractivity contribution >= 4 is 0 Å². The Hall–Kier alpha value is -1.42. The van der Waals surface area contributed by atoms with Gasteiger partial charge in [0.1, 0.15) is 0 Å². The molecule has 4 heteroatoms. The Labute approximate surface area is 112 Å². The molecule has 0 saturated carbocycles. The third-order valence-corrected chi connectivity index (χ3v) is 3.28. The first-order valence-electron chi connectivity index (χ1n) is 6.68. The molecule has 1 aliphatic rings. The summed E-state index contributed by atoms with van der Waals surface area (Å²) in [5.74, 6) is -1.59. The van der Waals surface area contributed by atoms with Gasteiger partial charge in [0, 0.05) is 6.04 Å². The molecule has 0 aromatic heterocycles. The molecule has 0 spiro atoms. The summed E-state index contributed by atoms with van der Waals surface area (Å²) < 4.78 is 31.5. The number of hydrogen-bond acceptors (Lipinski definition) is 2. The van der Waals surface area contributed by atoms with Gasteiger partial charge >= 0.3 is 0 Å². The Balaban J connectivity index is 2.11. The van der Waals surface area contributed by atoms with Crippen molar-refractivity contribution in [3.63, 3.8) is 0 Å². The van der Waals surface area contributed by atoms with Crippen LogP contribution >= 0.6 is 0 Å². The molecule has 1 aliphatic heterocycles. The zero-order chi connectivity index (χ0) is 13.7. The molecule has 1 heterocycles. The standard InChI is InChI=1S/C15H19F2NO/c1-2-18-15(12-4-3-7-19-10-12)9-11-5-6-13(16)14(17)8-11/h5-6,8,10,15,18H,2-4,7,9H2,1H3. The smallest absolute Gasteiger partial charge is 0.159 e. The van der Waals surface area contributed by atoms with Crippen molar-refractivity contribution < 1.29 is 13.5 Å². The first-order valence-corrected chi connectivity index (χ1v) is 6.68. The van der Waals surface area contributed by atoms with Gasteiger partial charge in [-0.1, -0.05) is 13.0 Å². The Kier molecular flexibility index (Phi) is 4.91. The largest absolute Gasteiger partial charge is 0.501 e. The van der Waals surface area contributed by atoms with Crippen molar-refractivity contribution in [1.82, 2.24) is 5.32 Å². The minimum atomic E-state index is -0.802. The highest BCUT2D eigenvalue weighted by molar-refractivity contribution is 5.22. The fourth-order valence-electron chi connectivity index (χ4n) is 2.32. The Morgan fingerprint density at radius 2 is 2.16 bits per heavy atom. The number of likely N-dealkylation sites (N-methyl/N-ethyl adjacent to an activating group) is 1. The van der Waals surface area contributed by atoms with Crippen LogP contribution in [0.4, 0.5) is 8.78 Å². The highest BCUT2D eigenvalue weighted by Gasteiger charge is 2.17. The number of ether oxygens (including phenoxy) is 1. The summed E-state index contributed by atoms with van der Waals surface area (Å²) in [5.41, 5.74) is 1.98. The molecule has 0 amide bonds. The first kappa shape index (κ1) is 14.0. The van der Waals surface area contributed by atoms with E-state index in [1.807, 2.05) is 6.92 Å². The maximum atomic E-state index is 13.2. The van der Waals surface area contributed by atoms with E-state index in [1.54, 1.807) is 12.3 Å². The van der Waals surface area contributed by atoms with E-state index in [1.165, 1.54) is 17.7 Å². The molecule has 1 atom stereocenters. The zero-order valence-corrected chi connectivity index (χ0v) is 11.1. The summed E-state index contributed by atoms with van der Waals surface area (Å²) in [5, 5.41) is 3.37. The van der Waals surface area contributed by atoms with Gasteiger partial charge < -0.3 is 10.1 Å². The normalized spacial score (nSPS) is 16.7. The second kappa shape index (κ2) is 6.66. The number of nitrogens with one attached hydrogen (secondary N) is 1. The Bertz CT molecular complexity index is 459. The summed E-state index contributed by atoms with van der Waals surface area (Å²) in [7, 11) is 0. The average molecular weight is 267 g/mol. The molecule has 19 heavy (non-hydrogen) atoms. The van der Waals surface area contributed by atoms with Crippen molar-refractivity contribution in [3.8, 4) is 0 Å². The first-order chi connectivity index (χ1) is 9.20. The van der Waals surface area contributed by atoms with Crippen LogP contribution in [0.3, 0.4) is 0 Å². The molecule has 1 N–H and O–H groups in total. The van der Waals surface area contributed by atoms with Crippen molar-refractivity contribution in [2.75, 3.05) is 13.2 Å². The molecule has 0 bridgehead atoms. The van der Waals surface area contributed by atoms with Crippen LogP contribution in [0.5, 0.6) is 0 Å². The molecule has 0 saturated heterocycles. The quantitative estimate of drug-likeness (QED) is 0.884. The van der Waals surface area contributed by atoms with Crippen LogP contribution in [-0.2, 0) is 11.2 Å². The van der Waals surface area contributed by atoms with E-state index in [0.717, 1.165) is 31.6 Å². The van der Waals surface area contributed by atoms with Crippen LogP contribution in [-0.4, -0.2) is 19.2 Å². The second-order valence-corrected chi connectivity index (χ2v) is 4.73. The van der Waals surface area contributed by atoms with Crippen molar-refractivity contribution in [1.29, 1.82) is 0 Å². The van der Waals surface area contributed by atoms with Crippen molar-refractivity contribution in [2.45, 2.75) is 32.2 Å². The molecule has 2 rings (SSSR count). The second-order valence-electron chi connectivity index (χ2n) is 4.73. The van der Waals surface area contributed by atoms with Gasteiger partial charge in [0.15, 0.2) is 11.6 Å². The van der Waals surface area contributed by atoms with E-state index < -0.39 is 11.6 Å². The molecule has 1 aromatic carbocycles. The van der Waals surface area contributed by atoms with Crippen molar-refractivity contribution in [3.05, 3.63) is 47.2 Å². The Morgan fingerprint density at radius 3 is 2.79 bits per heavy atom. The molecular weight excluding hydrogens is 248 g/mol.